The van der Waals surface area contributed by atoms with Crippen LogP contribution in [-0.2, 0) is 10.8 Å². The largest absolute Gasteiger partial charge is 0.367 e. The molecule has 0 aromatic carbocycles. The predicted octanol–water partition coefficient (Wildman–Crippen LogP) is 0.573. The van der Waals surface area contributed by atoms with Gasteiger partial charge in [0, 0.05) is 35.9 Å². The van der Waals surface area contributed by atoms with Gasteiger partial charge in [0.25, 0.3) is 0 Å². The number of nitrogens with one attached hydrogen (secondary N) is 3. The van der Waals surface area contributed by atoms with Gasteiger partial charge in [-0.05, 0) is 6.92 Å². The van der Waals surface area contributed by atoms with Crippen molar-refractivity contribution in [3.63, 3.8) is 0 Å². The van der Waals surface area contributed by atoms with Gasteiger partial charge in [-0.15, -0.1) is 0 Å². The number of aromatic amines is 1. The first-order valence-corrected chi connectivity index (χ1v) is 7.19. The van der Waals surface area contributed by atoms with E-state index in [1.165, 1.54) is 0 Å². The Hall–Kier alpha value is -1.70. The summed E-state index contributed by atoms with van der Waals surface area (Å²) < 4.78 is 11.3. The van der Waals surface area contributed by atoms with Crippen LogP contribution in [0.25, 0.3) is 11.2 Å². The molecule has 2 aromatic rings. The normalized spacial score (nSPS) is 14.4. The standard InChI is InChI=1S/C10H16N6OS/c1-6(18(3)17)4-12-8-7-9(14-5-13-7)16-10(11-2)15-8/h5-6H,4H2,1-3H3,(H3,11,12,13,14,15,16). The van der Waals surface area contributed by atoms with Crippen LogP contribution in [0, 0.1) is 0 Å². The van der Waals surface area contributed by atoms with E-state index in [0.717, 1.165) is 5.52 Å². The maximum atomic E-state index is 11.3. The van der Waals surface area contributed by atoms with Crippen LogP contribution in [0.1, 0.15) is 6.92 Å². The molecule has 0 bridgehead atoms. The second-order valence-electron chi connectivity index (χ2n) is 3.94. The van der Waals surface area contributed by atoms with Crippen LogP contribution in [-0.4, -0.2) is 49.2 Å². The Kier molecular flexibility index (Phi) is 3.75. The molecule has 0 radical (unpaired) electrons. The van der Waals surface area contributed by atoms with Crippen molar-refractivity contribution >= 4 is 33.7 Å². The fourth-order valence-corrected chi connectivity index (χ4v) is 1.75. The van der Waals surface area contributed by atoms with Gasteiger partial charge in [0.2, 0.25) is 5.95 Å². The molecule has 7 nitrogen and oxygen atoms in total. The lowest BCUT2D eigenvalue weighted by Crippen LogP contribution is -2.21. The lowest BCUT2D eigenvalue weighted by Gasteiger charge is -2.11. The Bertz CT molecular complexity index is 568. The summed E-state index contributed by atoms with van der Waals surface area (Å²) in [6.45, 7) is 2.50. The Morgan fingerprint density at radius 2 is 2.28 bits per heavy atom. The van der Waals surface area contributed by atoms with Crippen molar-refractivity contribution in [1.82, 2.24) is 19.9 Å². The van der Waals surface area contributed by atoms with Gasteiger partial charge in [0.15, 0.2) is 11.5 Å². The Morgan fingerprint density at radius 1 is 1.50 bits per heavy atom. The molecule has 2 heterocycles. The van der Waals surface area contributed by atoms with Crippen molar-refractivity contribution < 1.29 is 4.21 Å². The third kappa shape index (κ3) is 2.58. The van der Waals surface area contributed by atoms with Gasteiger partial charge in [0.05, 0.1) is 6.33 Å². The summed E-state index contributed by atoms with van der Waals surface area (Å²) in [6, 6.07) is 0. The summed E-state index contributed by atoms with van der Waals surface area (Å²) >= 11 is 0. The van der Waals surface area contributed by atoms with Crippen LogP contribution in [0.15, 0.2) is 6.33 Å². The zero-order chi connectivity index (χ0) is 13.1. The van der Waals surface area contributed by atoms with Crippen LogP contribution in [0.4, 0.5) is 11.8 Å². The summed E-state index contributed by atoms with van der Waals surface area (Å²) in [5, 5.41) is 6.11. The highest BCUT2D eigenvalue weighted by Gasteiger charge is 2.11. The summed E-state index contributed by atoms with van der Waals surface area (Å²) in [6.07, 6.45) is 3.27. The zero-order valence-corrected chi connectivity index (χ0v) is 11.3. The minimum Gasteiger partial charge on any atom is -0.367 e. The first kappa shape index (κ1) is 12.7. The van der Waals surface area contributed by atoms with Crippen molar-refractivity contribution in [1.29, 1.82) is 0 Å². The van der Waals surface area contributed by atoms with E-state index in [1.54, 1.807) is 19.6 Å². The predicted molar refractivity (Wildman–Crippen MR) is 73.2 cm³/mol. The van der Waals surface area contributed by atoms with Crippen LogP contribution >= 0.6 is 0 Å². The number of aromatic nitrogens is 4. The number of H-pyrrole nitrogens is 1. The van der Waals surface area contributed by atoms with Crippen molar-refractivity contribution in [2.45, 2.75) is 12.2 Å². The maximum Gasteiger partial charge on any atom is 0.226 e. The molecule has 2 aromatic heterocycles. The van der Waals surface area contributed by atoms with E-state index in [1.807, 2.05) is 6.92 Å². The molecular weight excluding hydrogens is 252 g/mol. The first-order valence-electron chi connectivity index (χ1n) is 5.56. The van der Waals surface area contributed by atoms with Crippen LogP contribution in [0.5, 0.6) is 0 Å². The van der Waals surface area contributed by atoms with Crippen molar-refractivity contribution in [3.8, 4) is 0 Å². The topological polar surface area (TPSA) is 95.6 Å². The summed E-state index contributed by atoms with van der Waals surface area (Å²) in [5.41, 5.74) is 1.35. The average molecular weight is 268 g/mol. The number of anilines is 2. The number of rotatable bonds is 5. The van der Waals surface area contributed by atoms with Crippen molar-refractivity contribution in [2.24, 2.45) is 0 Å². The summed E-state index contributed by atoms with van der Waals surface area (Å²) in [4.78, 5) is 15.6. The number of imidazole rings is 1. The van der Waals surface area contributed by atoms with E-state index < -0.39 is 10.8 Å². The Balaban J connectivity index is 2.25. The molecule has 98 valence electrons. The molecule has 0 aliphatic carbocycles. The molecular formula is C10H16N6OS. The average Bonchev–Trinajstić information content (AvgIpc) is 2.83. The van der Waals surface area contributed by atoms with Crippen LogP contribution < -0.4 is 10.6 Å². The third-order valence-corrected chi connectivity index (χ3v) is 3.93. The quantitative estimate of drug-likeness (QED) is 0.734. The number of fused-ring (bicyclic) bond motifs is 1. The molecule has 0 saturated heterocycles. The molecule has 0 amide bonds. The molecule has 2 unspecified atom stereocenters. The molecule has 18 heavy (non-hydrogen) atoms. The highest BCUT2D eigenvalue weighted by atomic mass is 32.2. The maximum absolute atomic E-state index is 11.3. The monoisotopic (exact) mass is 268 g/mol. The van der Waals surface area contributed by atoms with Crippen molar-refractivity contribution in [3.05, 3.63) is 6.33 Å². The fraction of sp³-hybridized carbons (Fsp3) is 0.500. The second kappa shape index (κ2) is 5.30. The van der Waals surface area contributed by atoms with Crippen LogP contribution in [0.3, 0.4) is 0 Å². The van der Waals surface area contributed by atoms with E-state index >= 15 is 0 Å². The van der Waals surface area contributed by atoms with Gasteiger partial charge >= 0.3 is 0 Å². The second-order valence-corrected chi connectivity index (χ2v) is 5.74. The van der Waals surface area contributed by atoms with E-state index in [4.69, 9.17) is 0 Å². The van der Waals surface area contributed by atoms with Gasteiger partial charge in [-0.25, -0.2) is 4.98 Å². The van der Waals surface area contributed by atoms with E-state index in [9.17, 15) is 4.21 Å². The van der Waals surface area contributed by atoms with Gasteiger partial charge < -0.3 is 15.6 Å². The SMILES string of the molecule is CNc1nc(NCC(C)S(C)=O)c2[nH]cnc2n1. The highest BCUT2D eigenvalue weighted by molar-refractivity contribution is 7.84. The van der Waals surface area contributed by atoms with Gasteiger partial charge in [-0.1, -0.05) is 0 Å². The lowest BCUT2D eigenvalue weighted by atomic mass is 10.4. The zero-order valence-electron chi connectivity index (χ0n) is 10.5. The Labute approximate surface area is 107 Å². The number of nitrogens with zero attached hydrogens (tertiary/aromatic N) is 3. The molecule has 0 aliphatic rings. The number of hydrogen-bond acceptors (Lipinski definition) is 6. The molecule has 0 spiro atoms. The molecule has 2 rings (SSSR count). The molecule has 0 saturated carbocycles. The van der Waals surface area contributed by atoms with Crippen LogP contribution in [0.2, 0.25) is 0 Å². The van der Waals surface area contributed by atoms with Gasteiger partial charge in [0.1, 0.15) is 5.52 Å². The number of hydrogen-bond donors (Lipinski definition) is 3. The van der Waals surface area contributed by atoms with Crippen molar-refractivity contribution in [2.75, 3.05) is 30.5 Å². The van der Waals surface area contributed by atoms with E-state index in [-0.39, 0.29) is 5.25 Å². The Morgan fingerprint density at radius 3 is 2.94 bits per heavy atom. The lowest BCUT2D eigenvalue weighted by molar-refractivity contribution is 0.679. The highest BCUT2D eigenvalue weighted by Crippen LogP contribution is 2.18. The first-order chi connectivity index (χ1) is 8.61. The summed E-state index contributed by atoms with van der Waals surface area (Å²) in [5.74, 6) is 1.17. The summed E-state index contributed by atoms with van der Waals surface area (Å²) in [7, 11) is 0.889. The fourth-order valence-electron chi connectivity index (χ4n) is 1.43. The third-order valence-electron chi connectivity index (χ3n) is 2.63. The smallest absolute Gasteiger partial charge is 0.226 e. The molecule has 0 aliphatic heterocycles. The van der Waals surface area contributed by atoms with Gasteiger partial charge in [-0.2, -0.15) is 9.97 Å². The molecule has 0 fully saturated rings. The molecule has 3 N–H and O–H groups in total. The van der Waals surface area contributed by atoms with E-state index in [0.29, 0.717) is 24.0 Å². The minimum absolute atomic E-state index is 0.0518. The van der Waals surface area contributed by atoms with Gasteiger partial charge in [-0.3, -0.25) is 4.21 Å². The minimum atomic E-state index is -0.863. The van der Waals surface area contributed by atoms with E-state index in [2.05, 4.69) is 30.6 Å². The molecule has 8 heteroatoms. The molecule has 2 atom stereocenters.